The molecule has 0 atom stereocenters. The lowest BCUT2D eigenvalue weighted by molar-refractivity contribution is 0.355. The van der Waals surface area contributed by atoms with E-state index in [9.17, 15) is 0 Å². The van der Waals surface area contributed by atoms with E-state index < -0.39 is 0 Å². The molecule has 0 aliphatic heterocycles. The van der Waals surface area contributed by atoms with Crippen LogP contribution in [0.1, 0.15) is 11.1 Å². The molecule has 0 aromatic heterocycles. The van der Waals surface area contributed by atoms with Crippen molar-refractivity contribution in [2.75, 3.05) is 27.3 Å². The quantitative estimate of drug-likeness (QED) is 0.586. The molecule has 0 aliphatic rings. The number of alkyl halides is 1. The summed E-state index contributed by atoms with van der Waals surface area (Å²) in [4.78, 5) is 1.99. The molecule has 1 aromatic rings. The predicted molar refractivity (Wildman–Crippen MR) is 66.5 cm³/mol. The molecule has 16 heavy (non-hydrogen) atoms. The summed E-state index contributed by atoms with van der Waals surface area (Å²) in [6, 6.07) is 4.47. The zero-order chi connectivity index (χ0) is 12.1. The van der Waals surface area contributed by atoms with Gasteiger partial charge < -0.3 is 9.47 Å². The molecule has 0 radical (unpaired) electrons. The molecular formula is C12H18ClNO2. The Morgan fingerprint density at radius 2 is 1.81 bits per heavy atom. The normalized spacial score (nSPS) is 10.6. The lowest BCUT2D eigenvalue weighted by atomic mass is 10.1. The van der Waals surface area contributed by atoms with E-state index in [1.807, 2.05) is 31.0 Å². The molecule has 0 saturated carbocycles. The van der Waals surface area contributed by atoms with Crippen LogP contribution in [0.4, 0.5) is 0 Å². The first kappa shape index (κ1) is 13.1. The Kier molecular flexibility index (Phi) is 4.90. The number of halogens is 1. The SMILES string of the molecule is COc1cc(CN(C)CCl)c(OC)cc1C. The average Bonchev–Trinajstić information content (AvgIpc) is 2.30. The van der Waals surface area contributed by atoms with Crippen LogP contribution in [0.25, 0.3) is 0 Å². The topological polar surface area (TPSA) is 21.7 Å². The van der Waals surface area contributed by atoms with Crippen molar-refractivity contribution in [1.82, 2.24) is 4.90 Å². The summed E-state index contributed by atoms with van der Waals surface area (Å²) in [6.45, 7) is 2.74. The summed E-state index contributed by atoms with van der Waals surface area (Å²) in [6.07, 6.45) is 0. The van der Waals surface area contributed by atoms with Crippen molar-refractivity contribution in [3.8, 4) is 11.5 Å². The Hall–Kier alpha value is -0.930. The van der Waals surface area contributed by atoms with Crippen LogP contribution in [0.15, 0.2) is 12.1 Å². The van der Waals surface area contributed by atoms with Gasteiger partial charge in [0.05, 0.1) is 20.2 Å². The molecule has 0 spiro atoms. The fourth-order valence-corrected chi connectivity index (χ4v) is 1.65. The number of methoxy groups -OCH3 is 2. The summed E-state index contributed by atoms with van der Waals surface area (Å²) in [5, 5.41) is 0. The first-order valence-electron chi connectivity index (χ1n) is 5.08. The average molecular weight is 244 g/mol. The van der Waals surface area contributed by atoms with E-state index in [1.54, 1.807) is 14.2 Å². The Morgan fingerprint density at radius 3 is 2.31 bits per heavy atom. The molecule has 0 heterocycles. The second-order valence-corrected chi connectivity index (χ2v) is 4.01. The minimum atomic E-state index is 0.485. The van der Waals surface area contributed by atoms with Crippen molar-refractivity contribution in [3.63, 3.8) is 0 Å². The smallest absolute Gasteiger partial charge is 0.123 e. The summed E-state index contributed by atoms with van der Waals surface area (Å²) < 4.78 is 10.6. The number of rotatable bonds is 5. The maximum absolute atomic E-state index is 5.76. The Morgan fingerprint density at radius 1 is 1.19 bits per heavy atom. The predicted octanol–water partition coefficient (Wildman–Crippen LogP) is 2.64. The third-order valence-electron chi connectivity index (χ3n) is 2.44. The zero-order valence-corrected chi connectivity index (χ0v) is 11.0. The van der Waals surface area contributed by atoms with Crippen LogP contribution in [-0.4, -0.2) is 32.2 Å². The standard InChI is InChI=1S/C12H18ClNO2/c1-9-5-12(16-4)10(6-11(9)15-3)7-14(2)8-13/h5-6H,7-8H2,1-4H3. The van der Waals surface area contributed by atoms with E-state index in [0.717, 1.165) is 29.2 Å². The van der Waals surface area contributed by atoms with Crippen molar-refractivity contribution in [2.45, 2.75) is 13.5 Å². The molecule has 0 fully saturated rings. The molecule has 0 amide bonds. The van der Waals surface area contributed by atoms with Crippen molar-refractivity contribution >= 4 is 11.6 Å². The molecule has 90 valence electrons. The third kappa shape index (κ3) is 3.03. The number of nitrogens with zero attached hydrogens (tertiary/aromatic N) is 1. The van der Waals surface area contributed by atoms with Gasteiger partial charge in [-0.3, -0.25) is 4.90 Å². The second-order valence-electron chi connectivity index (χ2n) is 3.77. The third-order valence-corrected chi connectivity index (χ3v) is 2.85. The molecular weight excluding hydrogens is 226 g/mol. The van der Waals surface area contributed by atoms with Crippen LogP contribution in [0, 0.1) is 6.92 Å². The van der Waals surface area contributed by atoms with E-state index in [0.29, 0.717) is 6.00 Å². The number of hydrogen-bond donors (Lipinski definition) is 0. The van der Waals surface area contributed by atoms with Gasteiger partial charge >= 0.3 is 0 Å². The number of aryl methyl sites for hydroxylation is 1. The van der Waals surface area contributed by atoms with Gasteiger partial charge in [-0.1, -0.05) is 0 Å². The van der Waals surface area contributed by atoms with Crippen LogP contribution < -0.4 is 9.47 Å². The largest absolute Gasteiger partial charge is 0.496 e. The van der Waals surface area contributed by atoms with E-state index in [1.165, 1.54) is 0 Å². The van der Waals surface area contributed by atoms with Gasteiger partial charge in [-0.15, -0.1) is 11.6 Å². The summed E-state index contributed by atoms with van der Waals surface area (Å²) in [7, 11) is 5.30. The van der Waals surface area contributed by atoms with Crippen LogP contribution in [-0.2, 0) is 6.54 Å². The molecule has 3 nitrogen and oxygen atoms in total. The molecule has 4 heteroatoms. The molecule has 1 rings (SSSR count). The van der Waals surface area contributed by atoms with Crippen molar-refractivity contribution in [2.24, 2.45) is 0 Å². The van der Waals surface area contributed by atoms with Crippen molar-refractivity contribution in [3.05, 3.63) is 23.3 Å². The summed E-state index contributed by atoms with van der Waals surface area (Å²) >= 11 is 5.76. The highest BCUT2D eigenvalue weighted by molar-refractivity contribution is 6.17. The van der Waals surface area contributed by atoms with Gasteiger partial charge in [0.2, 0.25) is 0 Å². The van der Waals surface area contributed by atoms with Gasteiger partial charge in [-0.05, 0) is 31.7 Å². The molecule has 0 saturated heterocycles. The highest BCUT2D eigenvalue weighted by atomic mass is 35.5. The maximum Gasteiger partial charge on any atom is 0.123 e. The Labute approximate surface area is 102 Å². The van der Waals surface area contributed by atoms with E-state index in [4.69, 9.17) is 21.1 Å². The van der Waals surface area contributed by atoms with Crippen LogP contribution in [0.3, 0.4) is 0 Å². The van der Waals surface area contributed by atoms with Crippen LogP contribution >= 0.6 is 11.6 Å². The lowest BCUT2D eigenvalue weighted by Crippen LogP contribution is -2.16. The number of benzene rings is 1. The molecule has 0 N–H and O–H groups in total. The number of hydrogen-bond acceptors (Lipinski definition) is 3. The van der Waals surface area contributed by atoms with Crippen LogP contribution in [0.2, 0.25) is 0 Å². The second kappa shape index (κ2) is 5.97. The molecule has 0 aliphatic carbocycles. The van der Waals surface area contributed by atoms with Crippen molar-refractivity contribution in [1.29, 1.82) is 0 Å². The fraction of sp³-hybridized carbons (Fsp3) is 0.500. The molecule has 1 aromatic carbocycles. The maximum atomic E-state index is 5.76. The van der Waals surface area contributed by atoms with Gasteiger partial charge in [0.1, 0.15) is 11.5 Å². The minimum absolute atomic E-state index is 0.485. The number of ether oxygens (including phenoxy) is 2. The van der Waals surface area contributed by atoms with Crippen molar-refractivity contribution < 1.29 is 9.47 Å². The van der Waals surface area contributed by atoms with Gasteiger partial charge in [-0.2, -0.15) is 0 Å². The minimum Gasteiger partial charge on any atom is -0.496 e. The monoisotopic (exact) mass is 243 g/mol. The first-order valence-corrected chi connectivity index (χ1v) is 5.61. The zero-order valence-electron chi connectivity index (χ0n) is 10.2. The van der Waals surface area contributed by atoms with E-state index in [-0.39, 0.29) is 0 Å². The molecule has 0 bridgehead atoms. The van der Waals surface area contributed by atoms with Gasteiger partial charge in [0, 0.05) is 12.1 Å². The summed E-state index contributed by atoms with van der Waals surface area (Å²) in [5.41, 5.74) is 2.14. The van der Waals surface area contributed by atoms with Gasteiger partial charge in [0.15, 0.2) is 0 Å². The summed E-state index contributed by atoms with van der Waals surface area (Å²) in [5.74, 6) is 1.74. The highest BCUT2D eigenvalue weighted by Gasteiger charge is 2.10. The van der Waals surface area contributed by atoms with Gasteiger partial charge in [0.25, 0.3) is 0 Å². The van der Waals surface area contributed by atoms with Gasteiger partial charge in [-0.25, -0.2) is 0 Å². The van der Waals surface area contributed by atoms with E-state index in [2.05, 4.69) is 0 Å². The van der Waals surface area contributed by atoms with E-state index >= 15 is 0 Å². The first-order chi connectivity index (χ1) is 7.62. The molecule has 0 unspecified atom stereocenters. The van der Waals surface area contributed by atoms with Crippen LogP contribution in [0.5, 0.6) is 11.5 Å². The Bertz CT molecular complexity index is 355. The Balaban J connectivity index is 3.04. The lowest BCUT2D eigenvalue weighted by Gasteiger charge is -2.17. The fourth-order valence-electron chi connectivity index (χ4n) is 1.57. The highest BCUT2D eigenvalue weighted by Crippen LogP contribution is 2.28.